The first-order valence-electron chi connectivity index (χ1n) is 35.7. The van der Waals surface area contributed by atoms with E-state index in [-0.39, 0.29) is 75.7 Å². The predicted molar refractivity (Wildman–Crippen MR) is 404 cm³/mol. The largest absolute Gasteiger partial charge is 1.00 e. The van der Waals surface area contributed by atoms with Crippen LogP contribution in [0.3, 0.4) is 0 Å². The molecule has 9 aliphatic rings. The van der Waals surface area contributed by atoms with E-state index in [1.54, 1.807) is 22.7 Å². The molecule has 0 saturated carbocycles. The highest BCUT2D eigenvalue weighted by Gasteiger charge is 2.52. The summed E-state index contributed by atoms with van der Waals surface area (Å²) in [4.78, 5) is 55.8. The maximum absolute atomic E-state index is 13.6. The zero-order valence-electron chi connectivity index (χ0n) is 58.3. The van der Waals surface area contributed by atoms with Crippen LogP contribution >= 0.6 is 79.4 Å². The smallest absolute Gasteiger partial charge is 0.430 e. The number of carboxylic acid groups (broad SMARTS) is 1. The normalized spacial score (nSPS) is 23.5. The van der Waals surface area contributed by atoms with Crippen LogP contribution in [0.5, 0.6) is 11.5 Å². The highest BCUT2D eigenvalue weighted by molar-refractivity contribution is 7.13. The van der Waals surface area contributed by atoms with Crippen LogP contribution in [-0.2, 0) is 36.8 Å². The Morgan fingerprint density at radius 1 is 0.448 bits per heavy atom. The van der Waals surface area contributed by atoms with E-state index < -0.39 is 23.3 Å². The summed E-state index contributed by atoms with van der Waals surface area (Å²) in [5.74, 6) is -0.0893. The van der Waals surface area contributed by atoms with Gasteiger partial charge in [-0.2, -0.15) is 13.2 Å². The van der Waals surface area contributed by atoms with E-state index in [0.29, 0.717) is 43.9 Å². The quantitative estimate of drug-likeness (QED) is 0.0278. The third-order valence-corrected chi connectivity index (χ3v) is 28.5. The van der Waals surface area contributed by atoms with Crippen LogP contribution in [0.15, 0.2) is 183 Å². The minimum Gasteiger partial charge on any atom is -1.00 e. The van der Waals surface area contributed by atoms with Gasteiger partial charge in [0.05, 0.1) is 129 Å². The van der Waals surface area contributed by atoms with E-state index in [4.69, 9.17) is 19.4 Å². The van der Waals surface area contributed by atoms with E-state index in [1.807, 2.05) is 154 Å². The number of aryl methyl sites for hydroxylation is 1. The fourth-order valence-corrected chi connectivity index (χ4v) is 22.3. The third-order valence-electron chi connectivity index (χ3n) is 21.8. The van der Waals surface area contributed by atoms with Crippen molar-refractivity contribution in [3.05, 3.63) is 217 Å². The van der Waals surface area contributed by atoms with Gasteiger partial charge < -0.3 is 93.0 Å². The van der Waals surface area contributed by atoms with Crippen molar-refractivity contribution in [2.75, 3.05) is 91.8 Å². The van der Waals surface area contributed by atoms with Gasteiger partial charge in [0.25, 0.3) is 11.8 Å². The zero-order chi connectivity index (χ0) is 71.9. The number of hydrogen-bond donors (Lipinski definition) is 5. The molecule has 6 bridgehead atoms. The lowest BCUT2D eigenvalue weighted by Gasteiger charge is -2.53. The van der Waals surface area contributed by atoms with Crippen molar-refractivity contribution < 1.29 is 105 Å². The Bertz CT molecular complexity index is 3920. The predicted octanol–water partition coefficient (Wildman–Crippen LogP) is 7.15. The number of rotatable bonds is 26. The summed E-state index contributed by atoms with van der Waals surface area (Å²) < 4.78 is 46.7. The van der Waals surface area contributed by atoms with E-state index in [0.717, 1.165) is 106 Å². The number of hydrogen-bond acceptors (Lipinski definition) is 16. The van der Waals surface area contributed by atoms with E-state index in [2.05, 4.69) is 56.4 Å². The van der Waals surface area contributed by atoms with Gasteiger partial charge in [-0.1, -0.05) is 78.9 Å². The average molecular weight is 1700 g/mol. The second-order valence-electron chi connectivity index (χ2n) is 28.2. The van der Waals surface area contributed by atoms with Crippen molar-refractivity contribution in [3.8, 4) is 11.5 Å². The molecule has 5 N–H and O–H groups in total. The molecule has 9 fully saturated rings. The Hall–Kier alpha value is -5.63. The molecule has 0 aliphatic carbocycles. The van der Waals surface area contributed by atoms with Crippen LogP contribution in [0.2, 0.25) is 0 Å². The second-order valence-corrected chi connectivity index (χ2v) is 34.9. The summed E-state index contributed by atoms with van der Waals surface area (Å²) >= 11 is 10.9. The molecule has 3 amide bonds. The molecular formula is C78H91Br2F3N6O9S7. The molecule has 7 aromatic heterocycles. The summed E-state index contributed by atoms with van der Waals surface area (Å²) in [6.07, 6.45) is 6.21. The Balaban J connectivity index is 0.000000160. The van der Waals surface area contributed by atoms with Crippen molar-refractivity contribution in [1.82, 2.24) is 16.0 Å². The number of piperidine rings is 9. The number of carbonyl (C=O) groups is 4. The molecule has 564 valence electrons. The van der Waals surface area contributed by atoms with Crippen LogP contribution in [0, 0.1) is 17.8 Å². The number of quaternary nitrogens is 3. The van der Waals surface area contributed by atoms with Crippen molar-refractivity contribution >= 4 is 103 Å². The van der Waals surface area contributed by atoms with Gasteiger partial charge in [0, 0.05) is 72.4 Å². The van der Waals surface area contributed by atoms with Gasteiger partial charge in [-0.15, -0.1) is 79.4 Å². The summed E-state index contributed by atoms with van der Waals surface area (Å²) in [5.41, 5.74) is -3.22. The van der Waals surface area contributed by atoms with Crippen LogP contribution in [0.4, 0.5) is 13.2 Å². The molecule has 0 unspecified atom stereocenters. The highest BCUT2D eigenvalue weighted by Crippen LogP contribution is 2.42. The lowest BCUT2D eigenvalue weighted by molar-refractivity contribution is -0.944. The molecule has 9 saturated heterocycles. The standard InChI is InChI=1S/C26H30N2O3S2.C26H30N2O2S2.C24H28N2O2S3.C2HF3O2.2BrH/c29-25(26(30,23-9-4-17-32-23)24-10-5-18-33-24)27-22-19-28(14-11-20(22)12-15-28)13-6-16-31-21-7-2-1-3-8-21;29-26(25(23-9-4-17-31-23)24-10-5-18-32-24)27-22-19-28(14-11-20(22)12-15-28)13-6-16-30-21-7-2-1-3-8-21;27-23(24(28,21-7-3-15-30-21)22-8-4-16-31-22)25-20-17-26(12-9-18(20)10-13-26)11-1-5-19-6-2-14-29-19;3-2(4,5)1(6)7;;/h1-5,7-10,17-18,20,22,30H,6,11-16,19H2;1-5,7-10,17-18,20,22,25H,6,11-16,19H2;2-4,6-8,14-16,18,20,28H,1,5,9-13,17H2;(H,6,7);2*1H/t2*20?,22-,28?;18?,20-,26?;;;/m101.../s1. The number of benzene rings is 2. The van der Waals surface area contributed by atoms with Gasteiger partial charge in [-0.3, -0.25) is 14.4 Å². The number of alkyl halides is 3. The number of nitrogens with zero attached hydrogens (tertiary/aromatic N) is 3. The van der Waals surface area contributed by atoms with Crippen molar-refractivity contribution in [3.63, 3.8) is 0 Å². The monoisotopic (exact) mass is 1690 g/mol. The maximum Gasteiger partial charge on any atom is 0.430 e. The van der Waals surface area contributed by atoms with Gasteiger partial charge in [0.1, 0.15) is 23.4 Å². The van der Waals surface area contributed by atoms with E-state index in [9.17, 15) is 37.8 Å². The molecule has 0 radical (unpaired) electrons. The molecule has 9 aromatic rings. The number of halogens is 5. The van der Waals surface area contributed by atoms with Crippen LogP contribution < -0.4 is 64.5 Å². The fourth-order valence-electron chi connectivity index (χ4n) is 16.3. The number of aliphatic hydroxyl groups is 2. The van der Waals surface area contributed by atoms with E-state index >= 15 is 0 Å². The molecule has 15 nitrogen and oxygen atoms in total. The van der Waals surface area contributed by atoms with Crippen LogP contribution in [0.25, 0.3) is 0 Å². The molecule has 105 heavy (non-hydrogen) atoms. The first kappa shape index (κ1) is 81.9. The summed E-state index contributed by atoms with van der Waals surface area (Å²) in [5, 5.41) is 56.1. The average Bonchev–Trinajstić information content (AvgIpc) is 1.35. The molecule has 16 heterocycles. The number of nitrogens with one attached hydrogen (secondary N) is 3. The lowest BCUT2D eigenvalue weighted by atomic mass is 9.81. The number of aliphatic carboxylic acids is 1. The molecule has 18 rings (SSSR count). The van der Waals surface area contributed by atoms with Gasteiger partial charge in [-0.05, 0) is 129 Å². The Morgan fingerprint density at radius 2 is 0.771 bits per heavy atom. The molecular weight excluding hydrogens is 1610 g/mol. The topological polar surface area (TPSA) is 186 Å². The molecule has 9 aliphatic heterocycles. The van der Waals surface area contributed by atoms with Gasteiger partial charge in [0.15, 0.2) is 0 Å². The fraction of sp³-hybridized carbons (Fsp3) is 0.436. The lowest BCUT2D eigenvalue weighted by Crippen LogP contribution is -3.00. The zero-order valence-corrected chi connectivity index (χ0v) is 67.1. The Kier molecular flexibility index (Phi) is 29.4. The summed E-state index contributed by atoms with van der Waals surface area (Å²) in [6.45, 7) is 15.1. The van der Waals surface area contributed by atoms with Crippen molar-refractivity contribution in [2.24, 2.45) is 17.8 Å². The molecule has 27 heteroatoms. The van der Waals surface area contributed by atoms with Crippen molar-refractivity contribution in [1.29, 1.82) is 0 Å². The minimum absolute atomic E-state index is 0. The molecule has 0 spiro atoms. The first-order valence-corrected chi connectivity index (χ1v) is 41.8. The molecule has 3 atom stereocenters. The van der Waals surface area contributed by atoms with E-state index in [1.165, 1.54) is 128 Å². The van der Waals surface area contributed by atoms with Gasteiger partial charge in [0.2, 0.25) is 17.1 Å². The second kappa shape index (κ2) is 37.7. The molecule has 2 aromatic carbocycles. The SMILES string of the molecule is O=C(N[C@@H]1C[N+]2(CCCOc3ccccc3)CCC1CC2)C(O)(c1cccs1)c1cccs1.O=C(N[C@@H]1C[N+]2(CCCc3cccs3)CCC1CC2)C(O)(c1cccs1)c1cccs1.O=C(N[C@H]1C[N+]2(CCCOc3ccccc3)CCC1CC2)C(c1cccs1)c1cccs1.O=C([O-])C(F)(F)F.[Br-].[Br-]. The Morgan fingerprint density at radius 3 is 1.09 bits per heavy atom. The van der Waals surface area contributed by atoms with Gasteiger partial charge >= 0.3 is 6.18 Å². The summed E-state index contributed by atoms with van der Waals surface area (Å²) in [7, 11) is 0. The van der Waals surface area contributed by atoms with Crippen LogP contribution in [0.1, 0.15) is 97.8 Å². The highest BCUT2D eigenvalue weighted by atomic mass is 79.9. The number of para-hydroxylation sites is 2. The number of ether oxygens (including phenoxy) is 2. The van der Waals surface area contributed by atoms with Crippen molar-refractivity contribution in [2.45, 2.75) is 106 Å². The Labute approximate surface area is 662 Å². The number of carboxylic acids is 1. The third kappa shape index (κ3) is 20.4. The minimum atomic E-state index is -5.19. The van der Waals surface area contributed by atoms with Gasteiger partial charge in [-0.25, -0.2) is 0 Å². The number of amides is 3. The maximum atomic E-state index is 13.6. The summed E-state index contributed by atoms with van der Waals surface area (Å²) in [6, 6.07) is 48.2. The number of fused-ring (bicyclic) bond motifs is 9. The number of thiophene rings is 7. The number of carbonyl (C=O) groups excluding carboxylic acids is 4. The van der Waals surface area contributed by atoms with Crippen LogP contribution in [-0.4, -0.2) is 163 Å². The first-order chi connectivity index (χ1) is 49.8.